The minimum atomic E-state index is 0.238. The van der Waals surface area contributed by atoms with Crippen LogP contribution in [0.25, 0.3) is 0 Å². The summed E-state index contributed by atoms with van der Waals surface area (Å²) in [4.78, 5) is 27.0. The number of anilines is 1. The van der Waals surface area contributed by atoms with Crippen molar-refractivity contribution in [2.75, 3.05) is 18.4 Å². The average molecular weight is 234 g/mol. The van der Waals surface area contributed by atoms with Gasteiger partial charge in [0.1, 0.15) is 5.69 Å². The summed E-state index contributed by atoms with van der Waals surface area (Å²) in [5.41, 5.74) is 0.324. The first-order chi connectivity index (χ1) is 8.33. The molecule has 0 unspecified atom stereocenters. The molecule has 1 N–H and O–H groups in total. The van der Waals surface area contributed by atoms with Crippen molar-refractivity contribution in [3.63, 3.8) is 0 Å². The molecule has 1 amide bonds. The van der Waals surface area contributed by atoms with Crippen LogP contribution in [-0.4, -0.2) is 35.4 Å². The second kappa shape index (κ2) is 5.38. The van der Waals surface area contributed by atoms with Gasteiger partial charge in [-0.2, -0.15) is 0 Å². The van der Waals surface area contributed by atoms with Gasteiger partial charge in [0.15, 0.2) is 5.82 Å². The van der Waals surface area contributed by atoms with Crippen LogP contribution in [0.15, 0.2) is 23.5 Å². The largest absolute Gasteiger partial charge is 0.365 e. The summed E-state index contributed by atoms with van der Waals surface area (Å²) in [6.45, 7) is 1.47. The number of nitroso groups, excluding NO2 is 1. The van der Waals surface area contributed by atoms with Crippen LogP contribution < -0.4 is 5.32 Å². The number of aromatic nitrogens is 1. The van der Waals surface area contributed by atoms with E-state index in [-0.39, 0.29) is 6.04 Å². The van der Waals surface area contributed by atoms with E-state index in [1.807, 2.05) is 0 Å². The van der Waals surface area contributed by atoms with Gasteiger partial charge in [0, 0.05) is 25.3 Å². The number of nitrogens with zero attached hydrogens (tertiary/aromatic N) is 3. The number of amides is 1. The minimum absolute atomic E-state index is 0.238. The maximum Gasteiger partial charge on any atom is 0.209 e. The van der Waals surface area contributed by atoms with Crippen molar-refractivity contribution in [2.45, 2.75) is 18.9 Å². The van der Waals surface area contributed by atoms with Crippen molar-refractivity contribution in [3.05, 3.63) is 23.2 Å². The summed E-state index contributed by atoms with van der Waals surface area (Å²) in [6.07, 6.45) is 4.20. The Kier molecular flexibility index (Phi) is 3.64. The van der Waals surface area contributed by atoms with Crippen molar-refractivity contribution in [1.29, 1.82) is 0 Å². The molecule has 1 aromatic rings. The molecule has 1 saturated heterocycles. The van der Waals surface area contributed by atoms with Gasteiger partial charge in [0.05, 0.1) is 0 Å². The molecule has 0 bridgehead atoms. The predicted molar refractivity (Wildman–Crippen MR) is 64.0 cm³/mol. The van der Waals surface area contributed by atoms with Crippen LogP contribution in [0.5, 0.6) is 0 Å². The molecule has 90 valence electrons. The number of pyridine rings is 1. The van der Waals surface area contributed by atoms with E-state index in [4.69, 9.17) is 0 Å². The molecule has 0 spiro atoms. The Hall–Kier alpha value is -1.98. The van der Waals surface area contributed by atoms with Crippen molar-refractivity contribution >= 4 is 17.9 Å². The number of hydrogen-bond donors (Lipinski definition) is 1. The normalized spacial score (nSPS) is 16.6. The lowest BCUT2D eigenvalue weighted by molar-refractivity contribution is -0.118. The van der Waals surface area contributed by atoms with Crippen LogP contribution in [0.3, 0.4) is 0 Å². The fourth-order valence-corrected chi connectivity index (χ4v) is 1.92. The molecule has 1 aliphatic heterocycles. The van der Waals surface area contributed by atoms with Crippen molar-refractivity contribution in [2.24, 2.45) is 5.18 Å². The topological polar surface area (TPSA) is 74.7 Å². The van der Waals surface area contributed by atoms with Gasteiger partial charge >= 0.3 is 0 Å². The summed E-state index contributed by atoms with van der Waals surface area (Å²) in [7, 11) is 0. The van der Waals surface area contributed by atoms with Crippen molar-refractivity contribution in [3.8, 4) is 0 Å². The number of carbonyl (C=O) groups excluding carboxylic acids is 1. The predicted octanol–water partition coefficient (Wildman–Crippen LogP) is 1.51. The van der Waals surface area contributed by atoms with Crippen LogP contribution in [0.1, 0.15) is 12.8 Å². The first-order valence-corrected chi connectivity index (χ1v) is 5.57. The summed E-state index contributed by atoms with van der Waals surface area (Å²) in [5, 5.41) is 6.12. The lowest BCUT2D eigenvalue weighted by Gasteiger charge is -2.30. The van der Waals surface area contributed by atoms with Crippen molar-refractivity contribution in [1.82, 2.24) is 9.88 Å². The van der Waals surface area contributed by atoms with Gasteiger partial charge in [-0.25, -0.2) is 4.98 Å². The summed E-state index contributed by atoms with van der Waals surface area (Å²) in [5.74, 6) is 0.520. The van der Waals surface area contributed by atoms with Gasteiger partial charge in [-0.1, -0.05) is 0 Å². The quantitative estimate of drug-likeness (QED) is 0.633. The molecule has 1 fully saturated rings. The molecule has 2 rings (SSSR count). The van der Waals surface area contributed by atoms with Crippen LogP contribution in [0.2, 0.25) is 0 Å². The van der Waals surface area contributed by atoms with E-state index < -0.39 is 0 Å². The first kappa shape index (κ1) is 11.5. The van der Waals surface area contributed by atoms with Crippen LogP contribution in [0, 0.1) is 4.91 Å². The molecular formula is C11H14N4O2. The maximum absolute atomic E-state index is 10.6. The van der Waals surface area contributed by atoms with Gasteiger partial charge in [0.2, 0.25) is 6.41 Å². The second-order valence-corrected chi connectivity index (χ2v) is 4.02. The van der Waals surface area contributed by atoms with E-state index in [1.165, 1.54) is 0 Å². The smallest absolute Gasteiger partial charge is 0.209 e. The SMILES string of the molecule is O=CN1CCC(Nc2ncccc2N=O)CC1. The number of carbonyl (C=O) groups is 1. The zero-order chi connectivity index (χ0) is 12.1. The van der Waals surface area contributed by atoms with Crippen LogP contribution in [0.4, 0.5) is 11.5 Å². The fraction of sp³-hybridized carbons (Fsp3) is 0.455. The summed E-state index contributed by atoms with van der Waals surface area (Å²) in [6, 6.07) is 3.54. The molecule has 0 radical (unpaired) electrons. The third-order valence-electron chi connectivity index (χ3n) is 2.90. The highest BCUT2D eigenvalue weighted by atomic mass is 16.3. The number of piperidine rings is 1. The Morgan fingerprint density at radius 3 is 2.88 bits per heavy atom. The van der Waals surface area contributed by atoms with E-state index in [9.17, 15) is 9.70 Å². The zero-order valence-electron chi connectivity index (χ0n) is 9.37. The van der Waals surface area contributed by atoms with E-state index in [2.05, 4.69) is 15.5 Å². The zero-order valence-corrected chi connectivity index (χ0v) is 9.37. The van der Waals surface area contributed by atoms with E-state index in [1.54, 1.807) is 23.2 Å². The molecule has 17 heavy (non-hydrogen) atoms. The van der Waals surface area contributed by atoms with Gasteiger partial charge in [-0.3, -0.25) is 4.79 Å². The van der Waals surface area contributed by atoms with Crippen molar-refractivity contribution < 1.29 is 4.79 Å². The number of hydrogen-bond acceptors (Lipinski definition) is 5. The van der Waals surface area contributed by atoms with Gasteiger partial charge in [-0.15, -0.1) is 4.91 Å². The lowest BCUT2D eigenvalue weighted by Crippen LogP contribution is -2.38. The molecule has 0 aromatic carbocycles. The average Bonchev–Trinajstić information content (AvgIpc) is 2.40. The summed E-state index contributed by atoms with van der Waals surface area (Å²) >= 11 is 0. The Labute approximate surface area is 99.0 Å². The number of rotatable bonds is 4. The number of likely N-dealkylation sites (tertiary alicyclic amines) is 1. The summed E-state index contributed by atoms with van der Waals surface area (Å²) < 4.78 is 0. The lowest BCUT2D eigenvalue weighted by atomic mass is 10.1. The van der Waals surface area contributed by atoms with Gasteiger partial charge < -0.3 is 10.2 Å². The molecule has 6 heteroatoms. The Balaban J connectivity index is 1.97. The minimum Gasteiger partial charge on any atom is -0.365 e. The van der Waals surface area contributed by atoms with E-state index >= 15 is 0 Å². The molecular weight excluding hydrogens is 220 g/mol. The number of nitrogens with one attached hydrogen (secondary N) is 1. The highest BCUT2D eigenvalue weighted by molar-refractivity contribution is 5.60. The molecule has 0 atom stereocenters. The standard InChI is InChI=1S/C11H14N4O2/c16-8-15-6-3-9(4-7-15)13-11-10(14-17)2-1-5-12-11/h1-2,5,8-9H,3-4,6-7H2,(H,12,13). The third-order valence-corrected chi connectivity index (χ3v) is 2.90. The molecule has 0 aliphatic carbocycles. The second-order valence-electron chi connectivity index (χ2n) is 4.02. The third kappa shape index (κ3) is 2.77. The molecule has 1 aromatic heterocycles. The fourth-order valence-electron chi connectivity index (χ4n) is 1.92. The Morgan fingerprint density at radius 1 is 1.47 bits per heavy atom. The molecule has 1 aliphatic rings. The first-order valence-electron chi connectivity index (χ1n) is 5.57. The van der Waals surface area contributed by atoms with Crippen LogP contribution >= 0.6 is 0 Å². The van der Waals surface area contributed by atoms with Crippen LogP contribution in [-0.2, 0) is 4.79 Å². The van der Waals surface area contributed by atoms with Gasteiger partial charge in [-0.05, 0) is 30.2 Å². The highest BCUT2D eigenvalue weighted by Crippen LogP contribution is 2.23. The molecule has 2 heterocycles. The van der Waals surface area contributed by atoms with Gasteiger partial charge in [0.25, 0.3) is 0 Å². The molecule has 0 saturated carbocycles. The van der Waals surface area contributed by atoms with E-state index in [0.717, 1.165) is 32.3 Å². The molecule has 6 nitrogen and oxygen atoms in total. The highest BCUT2D eigenvalue weighted by Gasteiger charge is 2.19. The van der Waals surface area contributed by atoms with E-state index in [0.29, 0.717) is 11.5 Å². The maximum atomic E-state index is 10.6. The monoisotopic (exact) mass is 234 g/mol. The Bertz CT molecular complexity index is 402. The Morgan fingerprint density at radius 2 is 2.24 bits per heavy atom.